The fourth-order valence-electron chi connectivity index (χ4n) is 2.41. The molecule has 5 heteroatoms. The molecular weight excluding hydrogens is 274 g/mol. The van der Waals surface area contributed by atoms with Crippen molar-refractivity contribution in [2.75, 3.05) is 5.75 Å². The van der Waals surface area contributed by atoms with Crippen LogP contribution in [0.1, 0.15) is 29.6 Å². The van der Waals surface area contributed by atoms with Gasteiger partial charge in [0, 0.05) is 16.0 Å². The molecule has 0 radical (unpaired) electrons. The van der Waals surface area contributed by atoms with Crippen molar-refractivity contribution < 1.29 is 0 Å². The fraction of sp³-hybridized carbons (Fsp3) is 0.500. The average Bonchev–Trinajstić information content (AvgIpc) is 2.94. The summed E-state index contributed by atoms with van der Waals surface area (Å²) in [5, 5.41) is 11.2. The maximum atomic E-state index is 8.90. The molecule has 0 amide bonds. The maximum absolute atomic E-state index is 8.90. The number of hydrogen-bond donors (Lipinski definition) is 0. The first-order valence-electron chi connectivity index (χ1n) is 6.50. The Balaban J connectivity index is 2.04. The van der Waals surface area contributed by atoms with E-state index in [4.69, 9.17) is 5.26 Å². The molecule has 0 N–H and O–H groups in total. The quantitative estimate of drug-likeness (QED) is 0.638. The SMILES string of the molecule is Cc1nc(SC[C@@H](C)C#N)c2c3c(sc2n1)CCC3. The molecule has 2 aromatic heterocycles. The van der Waals surface area contributed by atoms with E-state index in [-0.39, 0.29) is 5.92 Å². The smallest absolute Gasteiger partial charge is 0.128 e. The van der Waals surface area contributed by atoms with Crippen LogP contribution in [0, 0.1) is 24.2 Å². The van der Waals surface area contributed by atoms with E-state index < -0.39 is 0 Å². The van der Waals surface area contributed by atoms with Gasteiger partial charge in [0.1, 0.15) is 15.7 Å². The van der Waals surface area contributed by atoms with Crippen molar-refractivity contribution in [2.45, 2.75) is 38.1 Å². The van der Waals surface area contributed by atoms with E-state index >= 15 is 0 Å². The second-order valence-electron chi connectivity index (χ2n) is 4.95. The largest absolute Gasteiger partial charge is 0.226 e. The number of fused-ring (bicyclic) bond motifs is 3. The van der Waals surface area contributed by atoms with Gasteiger partial charge in [-0.15, -0.1) is 23.1 Å². The van der Waals surface area contributed by atoms with Crippen molar-refractivity contribution >= 4 is 33.3 Å². The Kier molecular flexibility index (Phi) is 3.46. The van der Waals surface area contributed by atoms with Crippen LogP contribution >= 0.6 is 23.1 Å². The van der Waals surface area contributed by atoms with Gasteiger partial charge in [-0.3, -0.25) is 0 Å². The van der Waals surface area contributed by atoms with Crippen molar-refractivity contribution in [3.63, 3.8) is 0 Å². The molecule has 0 spiro atoms. The lowest BCUT2D eigenvalue weighted by Crippen LogP contribution is -1.97. The van der Waals surface area contributed by atoms with Gasteiger partial charge in [-0.05, 0) is 38.7 Å². The van der Waals surface area contributed by atoms with Gasteiger partial charge in [0.25, 0.3) is 0 Å². The molecule has 2 heterocycles. The van der Waals surface area contributed by atoms with Crippen molar-refractivity contribution in [2.24, 2.45) is 5.92 Å². The molecule has 0 aliphatic heterocycles. The lowest BCUT2D eigenvalue weighted by atomic mass is 10.2. The van der Waals surface area contributed by atoms with Gasteiger partial charge in [-0.2, -0.15) is 5.26 Å². The third-order valence-corrected chi connectivity index (χ3v) is 5.75. The van der Waals surface area contributed by atoms with Gasteiger partial charge >= 0.3 is 0 Å². The lowest BCUT2D eigenvalue weighted by molar-refractivity contribution is 0.861. The zero-order chi connectivity index (χ0) is 13.4. The molecular formula is C14H15N3S2. The second-order valence-corrected chi connectivity index (χ2v) is 7.05. The van der Waals surface area contributed by atoms with Gasteiger partial charge < -0.3 is 0 Å². The average molecular weight is 289 g/mol. The van der Waals surface area contributed by atoms with Crippen molar-refractivity contribution in [1.29, 1.82) is 5.26 Å². The summed E-state index contributed by atoms with van der Waals surface area (Å²) in [5.74, 6) is 1.69. The number of thioether (sulfide) groups is 1. The molecule has 2 aromatic rings. The number of nitriles is 1. The zero-order valence-electron chi connectivity index (χ0n) is 11.1. The van der Waals surface area contributed by atoms with Crippen LogP contribution in [0.15, 0.2) is 5.03 Å². The third kappa shape index (κ3) is 2.35. The molecule has 1 atom stereocenters. The van der Waals surface area contributed by atoms with Crippen LogP contribution in [0.4, 0.5) is 0 Å². The van der Waals surface area contributed by atoms with E-state index in [9.17, 15) is 0 Å². The Morgan fingerprint density at radius 1 is 1.42 bits per heavy atom. The predicted molar refractivity (Wildman–Crippen MR) is 79.7 cm³/mol. The molecule has 0 saturated heterocycles. The van der Waals surface area contributed by atoms with Crippen molar-refractivity contribution in [1.82, 2.24) is 9.97 Å². The predicted octanol–water partition coefficient (Wildman–Crippen LogP) is 3.74. The van der Waals surface area contributed by atoms with E-state index in [2.05, 4.69) is 16.0 Å². The zero-order valence-corrected chi connectivity index (χ0v) is 12.7. The summed E-state index contributed by atoms with van der Waals surface area (Å²) in [4.78, 5) is 11.8. The van der Waals surface area contributed by atoms with Crippen LogP contribution in [0.3, 0.4) is 0 Å². The first-order valence-corrected chi connectivity index (χ1v) is 8.30. The Labute approximate surface area is 121 Å². The molecule has 0 fully saturated rings. The van der Waals surface area contributed by atoms with Gasteiger partial charge in [-0.25, -0.2) is 9.97 Å². The van der Waals surface area contributed by atoms with Crippen LogP contribution in [-0.2, 0) is 12.8 Å². The van der Waals surface area contributed by atoms with Crippen molar-refractivity contribution in [3.8, 4) is 6.07 Å². The van der Waals surface area contributed by atoms with E-state index in [0.717, 1.165) is 27.9 Å². The monoisotopic (exact) mass is 289 g/mol. The first kappa shape index (κ1) is 12.9. The highest BCUT2D eigenvalue weighted by molar-refractivity contribution is 7.99. The Hall–Kier alpha value is -1.12. The summed E-state index contributed by atoms with van der Waals surface area (Å²) in [6, 6.07) is 2.28. The molecule has 98 valence electrons. The normalized spacial score (nSPS) is 15.4. The second kappa shape index (κ2) is 5.10. The van der Waals surface area contributed by atoms with Crippen LogP contribution in [0.5, 0.6) is 0 Å². The first-order chi connectivity index (χ1) is 9.19. The fourth-order valence-corrected chi connectivity index (χ4v) is 4.82. The number of aromatic nitrogens is 2. The summed E-state index contributed by atoms with van der Waals surface area (Å²) < 4.78 is 0. The Morgan fingerprint density at radius 2 is 2.26 bits per heavy atom. The Morgan fingerprint density at radius 3 is 3.05 bits per heavy atom. The van der Waals surface area contributed by atoms with Crippen LogP contribution in [0.2, 0.25) is 0 Å². The van der Waals surface area contributed by atoms with Crippen LogP contribution in [0.25, 0.3) is 10.2 Å². The number of thiophene rings is 1. The molecule has 3 nitrogen and oxygen atoms in total. The Bertz CT molecular complexity index is 669. The molecule has 0 aromatic carbocycles. The van der Waals surface area contributed by atoms with Gasteiger partial charge in [0.05, 0.1) is 12.0 Å². The summed E-state index contributed by atoms with van der Waals surface area (Å²) in [5.41, 5.74) is 1.46. The number of hydrogen-bond acceptors (Lipinski definition) is 5. The van der Waals surface area contributed by atoms with Gasteiger partial charge in [0.15, 0.2) is 0 Å². The summed E-state index contributed by atoms with van der Waals surface area (Å²) in [6.07, 6.45) is 3.60. The molecule has 0 unspecified atom stereocenters. The minimum absolute atomic E-state index is 0.0574. The summed E-state index contributed by atoms with van der Waals surface area (Å²) >= 11 is 3.53. The molecule has 0 bridgehead atoms. The molecule has 0 saturated carbocycles. The standard InChI is InChI=1S/C14H15N3S2/c1-8(6-15)7-18-13-12-10-4-3-5-11(10)19-14(12)17-9(2)16-13/h8H,3-5,7H2,1-2H3/t8-/m0/s1. The summed E-state index contributed by atoms with van der Waals surface area (Å²) in [7, 11) is 0. The number of nitrogens with zero attached hydrogens (tertiary/aromatic N) is 3. The minimum atomic E-state index is 0.0574. The van der Waals surface area contributed by atoms with Crippen LogP contribution in [-0.4, -0.2) is 15.7 Å². The van der Waals surface area contributed by atoms with E-state index in [1.165, 1.54) is 28.7 Å². The minimum Gasteiger partial charge on any atom is -0.226 e. The third-order valence-electron chi connectivity index (χ3n) is 3.33. The van der Waals surface area contributed by atoms with E-state index in [1.807, 2.05) is 25.2 Å². The molecule has 1 aliphatic rings. The van der Waals surface area contributed by atoms with Crippen molar-refractivity contribution in [3.05, 3.63) is 16.3 Å². The highest BCUT2D eigenvalue weighted by atomic mass is 32.2. The maximum Gasteiger partial charge on any atom is 0.128 e. The number of aryl methyl sites for hydroxylation is 3. The van der Waals surface area contributed by atoms with Gasteiger partial charge in [-0.1, -0.05) is 0 Å². The highest BCUT2D eigenvalue weighted by Crippen LogP contribution is 2.40. The lowest BCUT2D eigenvalue weighted by Gasteiger charge is -2.06. The summed E-state index contributed by atoms with van der Waals surface area (Å²) in [6.45, 7) is 3.90. The van der Waals surface area contributed by atoms with Gasteiger partial charge in [0.2, 0.25) is 0 Å². The molecule has 1 aliphatic carbocycles. The topological polar surface area (TPSA) is 49.6 Å². The van der Waals surface area contributed by atoms with E-state index in [0.29, 0.717) is 0 Å². The highest BCUT2D eigenvalue weighted by Gasteiger charge is 2.22. The van der Waals surface area contributed by atoms with Crippen LogP contribution < -0.4 is 0 Å². The number of rotatable bonds is 3. The molecule has 3 rings (SSSR count). The van der Waals surface area contributed by atoms with E-state index in [1.54, 1.807) is 11.8 Å². The molecule has 19 heavy (non-hydrogen) atoms.